The highest BCUT2D eigenvalue weighted by Gasteiger charge is 2.23. The van der Waals surface area contributed by atoms with Gasteiger partial charge in [-0.2, -0.15) is 0 Å². The molecule has 0 fully saturated rings. The van der Waals surface area contributed by atoms with Gasteiger partial charge < -0.3 is 4.74 Å². The van der Waals surface area contributed by atoms with Gasteiger partial charge in [-0.1, -0.05) is 11.6 Å². The Hall–Kier alpha value is 0.110. The number of halogens is 5. The maximum atomic E-state index is 12.7. The first-order valence-corrected chi connectivity index (χ1v) is 4.60. The van der Waals surface area contributed by atoms with Gasteiger partial charge in [-0.15, -0.1) is 0 Å². The highest BCUT2D eigenvalue weighted by atomic mass is 35.6. The van der Waals surface area contributed by atoms with Crippen molar-refractivity contribution in [3.8, 4) is 5.75 Å². The van der Waals surface area contributed by atoms with Gasteiger partial charge in [-0.3, -0.25) is 0 Å². The van der Waals surface area contributed by atoms with Crippen LogP contribution in [-0.2, 0) is 0 Å². The highest BCUT2D eigenvalue weighted by molar-refractivity contribution is 6.66. The van der Waals surface area contributed by atoms with Gasteiger partial charge in [-0.25, -0.2) is 4.39 Å². The molecular formula is C7H3Cl4FO. The molecule has 0 atom stereocenters. The van der Waals surface area contributed by atoms with E-state index in [2.05, 4.69) is 0 Å². The molecule has 6 heteroatoms. The lowest BCUT2D eigenvalue weighted by molar-refractivity contribution is 0.319. The largest absolute Gasteiger partial charge is 0.444 e. The molecule has 1 aromatic rings. The van der Waals surface area contributed by atoms with Crippen LogP contribution in [0.2, 0.25) is 5.02 Å². The third kappa shape index (κ3) is 3.77. The smallest absolute Gasteiger partial charge is 0.338 e. The van der Waals surface area contributed by atoms with Gasteiger partial charge in [0.25, 0.3) is 0 Å². The van der Waals surface area contributed by atoms with Crippen molar-refractivity contribution in [1.82, 2.24) is 0 Å². The van der Waals surface area contributed by atoms with Crippen molar-refractivity contribution in [3.63, 3.8) is 0 Å². The van der Waals surface area contributed by atoms with Crippen LogP contribution in [0.15, 0.2) is 18.2 Å². The molecule has 0 saturated carbocycles. The summed E-state index contributed by atoms with van der Waals surface area (Å²) in [6.07, 6.45) is 0. The number of rotatable bonds is 1. The minimum atomic E-state index is -1.95. The lowest BCUT2D eigenvalue weighted by Crippen LogP contribution is -2.12. The minimum Gasteiger partial charge on any atom is -0.444 e. The molecule has 0 aliphatic heterocycles. The Morgan fingerprint density at radius 2 is 1.85 bits per heavy atom. The Bertz CT molecular complexity index is 310. The summed E-state index contributed by atoms with van der Waals surface area (Å²) < 4.78 is 15.4. The van der Waals surface area contributed by atoms with Crippen LogP contribution in [0.5, 0.6) is 5.75 Å². The van der Waals surface area contributed by atoms with E-state index >= 15 is 0 Å². The maximum Gasteiger partial charge on any atom is 0.338 e. The molecule has 0 amide bonds. The Balaban J connectivity index is 2.94. The summed E-state index contributed by atoms with van der Waals surface area (Å²) >= 11 is 21.6. The van der Waals surface area contributed by atoms with E-state index in [1.54, 1.807) is 0 Å². The van der Waals surface area contributed by atoms with Crippen molar-refractivity contribution in [2.45, 2.75) is 3.98 Å². The SMILES string of the molecule is Fc1ccc(Cl)c(OC(Cl)(Cl)Cl)c1. The average Bonchev–Trinajstić information content (AvgIpc) is 1.94. The van der Waals surface area contributed by atoms with Crippen molar-refractivity contribution in [1.29, 1.82) is 0 Å². The van der Waals surface area contributed by atoms with E-state index in [9.17, 15) is 4.39 Å². The van der Waals surface area contributed by atoms with Crippen LogP contribution in [0.4, 0.5) is 4.39 Å². The standard InChI is InChI=1S/C7H3Cl4FO/c8-5-2-1-4(12)3-6(5)13-7(9,10)11/h1-3H. The molecule has 0 bridgehead atoms. The molecule has 72 valence electrons. The van der Waals surface area contributed by atoms with Crippen molar-refractivity contribution in [2.75, 3.05) is 0 Å². The average molecular weight is 264 g/mol. The van der Waals surface area contributed by atoms with Crippen molar-refractivity contribution >= 4 is 46.4 Å². The third-order valence-electron chi connectivity index (χ3n) is 1.12. The summed E-state index contributed by atoms with van der Waals surface area (Å²) in [5, 5.41) is 0.174. The normalized spacial score (nSPS) is 11.5. The first-order chi connectivity index (χ1) is 5.88. The first-order valence-electron chi connectivity index (χ1n) is 3.09. The predicted molar refractivity (Wildman–Crippen MR) is 52.3 cm³/mol. The number of hydrogen-bond donors (Lipinski definition) is 0. The summed E-state index contributed by atoms with van der Waals surface area (Å²) in [6, 6.07) is 3.51. The van der Waals surface area contributed by atoms with Gasteiger partial charge in [0.1, 0.15) is 11.6 Å². The molecular weight excluding hydrogens is 261 g/mol. The number of hydrogen-bond acceptors (Lipinski definition) is 1. The summed E-state index contributed by atoms with van der Waals surface area (Å²) in [5.74, 6) is -0.532. The fourth-order valence-electron chi connectivity index (χ4n) is 0.680. The van der Waals surface area contributed by atoms with Gasteiger partial charge in [0.2, 0.25) is 0 Å². The van der Waals surface area contributed by atoms with Gasteiger partial charge in [0.05, 0.1) is 5.02 Å². The van der Waals surface area contributed by atoms with Crippen LogP contribution in [0.1, 0.15) is 0 Å². The fourth-order valence-corrected chi connectivity index (χ4v) is 1.09. The van der Waals surface area contributed by atoms with Crippen LogP contribution < -0.4 is 4.74 Å². The monoisotopic (exact) mass is 262 g/mol. The molecule has 1 nitrogen and oxygen atoms in total. The van der Waals surface area contributed by atoms with Crippen molar-refractivity contribution in [3.05, 3.63) is 29.0 Å². The van der Waals surface area contributed by atoms with Crippen LogP contribution in [0.3, 0.4) is 0 Å². The van der Waals surface area contributed by atoms with E-state index in [4.69, 9.17) is 51.1 Å². The predicted octanol–water partition coefficient (Wildman–Crippen LogP) is 4.19. The second-order valence-corrected chi connectivity index (χ2v) is 4.71. The van der Waals surface area contributed by atoms with Gasteiger partial charge in [0.15, 0.2) is 0 Å². The van der Waals surface area contributed by atoms with Crippen molar-refractivity contribution < 1.29 is 9.13 Å². The Kier molecular flexibility index (Phi) is 3.52. The molecule has 0 N–H and O–H groups in total. The van der Waals surface area contributed by atoms with E-state index in [1.807, 2.05) is 0 Å². The highest BCUT2D eigenvalue weighted by Crippen LogP contribution is 2.34. The van der Waals surface area contributed by atoms with E-state index in [0.717, 1.165) is 6.07 Å². The third-order valence-corrected chi connectivity index (χ3v) is 1.66. The molecule has 0 saturated heterocycles. The zero-order valence-electron chi connectivity index (χ0n) is 6.03. The molecule has 0 aliphatic rings. The molecule has 0 radical (unpaired) electrons. The van der Waals surface area contributed by atoms with E-state index in [0.29, 0.717) is 0 Å². The Labute approximate surface area is 94.3 Å². The summed E-state index contributed by atoms with van der Waals surface area (Å²) in [6.45, 7) is 0. The topological polar surface area (TPSA) is 9.23 Å². The second kappa shape index (κ2) is 4.09. The lowest BCUT2D eigenvalue weighted by Gasteiger charge is -2.14. The van der Waals surface area contributed by atoms with Crippen molar-refractivity contribution in [2.24, 2.45) is 0 Å². The van der Waals surface area contributed by atoms with Crippen LogP contribution in [0, 0.1) is 5.82 Å². The zero-order valence-corrected chi connectivity index (χ0v) is 9.05. The molecule has 0 aliphatic carbocycles. The summed E-state index contributed by atoms with van der Waals surface area (Å²) in [7, 11) is 0. The summed E-state index contributed by atoms with van der Waals surface area (Å²) in [5.41, 5.74) is 0. The van der Waals surface area contributed by atoms with E-state index < -0.39 is 9.80 Å². The quantitative estimate of drug-likeness (QED) is 0.691. The molecule has 0 heterocycles. The first kappa shape index (κ1) is 11.2. The Morgan fingerprint density at radius 1 is 1.23 bits per heavy atom. The molecule has 0 unspecified atom stereocenters. The van der Waals surface area contributed by atoms with Gasteiger partial charge in [-0.05, 0) is 46.9 Å². The zero-order chi connectivity index (χ0) is 10.1. The van der Waals surface area contributed by atoms with Crippen LogP contribution in [0.25, 0.3) is 0 Å². The second-order valence-electron chi connectivity index (χ2n) is 2.12. The molecule has 1 rings (SSSR count). The molecule has 0 spiro atoms. The fraction of sp³-hybridized carbons (Fsp3) is 0.143. The molecule has 13 heavy (non-hydrogen) atoms. The van der Waals surface area contributed by atoms with Crippen LogP contribution >= 0.6 is 46.4 Å². The van der Waals surface area contributed by atoms with Crippen LogP contribution in [-0.4, -0.2) is 3.98 Å². The molecule has 1 aromatic carbocycles. The minimum absolute atomic E-state index is 0.0123. The van der Waals surface area contributed by atoms with E-state index in [1.165, 1.54) is 12.1 Å². The number of alkyl halides is 3. The molecule has 0 aromatic heterocycles. The van der Waals surface area contributed by atoms with Gasteiger partial charge in [0, 0.05) is 6.07 Å². The van der Waals surface area contributed by atoms with E-state index in [-0.39, 0.29) is 10.8 Å². The van der Waals surface area contributed by atoms with Gasteiger partial charge >= 0.3 is 3.98 Å². The number of ether oxygens (including phenoxy) is 1. The lowest BCUT2D eigenvalue weighted by atomic mass is 10.3. The maximum absolute atomic E-state index is 12.7. The summed E-state index contributed by atoms with van der Waals surface area (Å²) in [4.78, 5) is 0. The Morgan fingerprint density at radius 3 is 2.38 bits per heavy atom. The number of benzene rings is 1.